The van der Waals surface area contributed by atoms with Crippen LogP contribution in [0.4, 0.5) is 11.5 Å². The molecule has 1 rings (SSSR count). The van der Waals surface area contributed by atoms with Crippen molar-refractivity contribution >= 4 is 23.3 Å². The zero-order valence-electron chi connectivity index (χ0n) is 8.66. The van der Waals surface area contributed by atoms with Gasteiger partial charge in [0.25, 0.3) is 5.56 Å². The van der Waals surface area contributed by atoms with Crippen LogP contribution in [0.2, 0.25) is 0 Å². The molecule has 0 aliphatic heterocycles. The van der Waals surface area contributed by atoms with Crippen molar-refractivity contribution in [1.82, 2.24) is 9.55 Å². The van der Waals surface area contributed by atoms with Gasteiger partial charge in [-0.15, -0.1) is 0 Å². The number of hydrogen-bond donors (Lipinski definition) is 3. The van der Waals surface area contributed by atoms with Crippen molar-refractivity contribution in [1.29, 1.82) is 0 Å². The molecular weight excluding hydrogens is 216 g/mol. The van der Waals surface area contributed by atoms with Gasteiger partial charge in [0, 0.05) is 19.3 Å². The summed E-state index contributed by atoms with van der Waals surface area (Å²) < 4.78 is 1.20. The third kappa shape index (κ3) is 2.56. The molecule has 0 atom stereocenters. The highest BCUT2D eigenvalue weighted by Gasteiger charge is 2.08. The summed E-state index contributed by atoms with van der Waals surface area (Å²) in [5.41, 5.74) is 4.91. The van der Waals surface area contributed by atoms with Gasteiger partial charge in [-0.1, -0.05) is 0 Å². The normalized spacial score (nSPS) is 10.3. The molecule has 4 N–H and O–H groups in total. The van der Waals surface area contributed by atoms with Crippen molar-refractivity contribution in [2.45, 2.75) is 0 Å². The fourth-order valence-electron chi connectivity index (χ4n) is 1.09. The van der Waals surface area contributed by atoms with Crippen LogP contribution in [0.25, 0.3) is 0 Å². The summed E-state index contributed by atoms with van der Waals surface area (Å²) in [4.78, 5) is 24.7. The van der Waals surface area contributed by atoms with Gasteiger partial charge in [0.15, 0.2) is 0 Å². The van der Waals surface area contributed by atoms with Gasteiger partial charge in [0.05, 0.1) is 0 Å². The third-order valence-corrected chi connectivity index (χ3v) is 2.59. The summed E-state index contributed by atoms with van der Waals surface area (Å²) in [5.74, 6) is 1.02. The van der Waals surface area contributed by atoms with Crippen LogP contribution in [0.15, 0.2) is 9.59 Å². The Balaban J connectivity index is 3.02. The summed E-state index contributed by atoms with van der Waals surface area (Å²) in [6.07, 6.45) is 1.97. The first-order valence-corrected chi connectivity index (χ1v) is 5.79. The van der Waals surface area contributed by atoms with Crippen LogP contribution in [0, 0.1) is 0 Å². The lowest BCUT2D eigenvalue weighted by molar-refractivity contribution is 0.813. The molecule has 7 heteroatoms. The van der Waals surface area contributed by atoms with E-state index in [2.05, 4.69) is 10.3 Å². The second-order valence-electron chi connectivity index (χ2n) is 3.00. The van der Waals surface area contributed by atoms with Gasteiger partial charge < -0.3 is 11.1 Å². The predicted octanol–water partition coefficient (Wildman–Crippen LogP) is -0.569. The molecule has 0 saturated heterocycles. The van der Waals surface area contributed by atoms with Crippen LogP contribution in [0.1, 0.15) is 0 Å². The number of nitrogen functional groups attached to an aromatic ring is 1. The van der Waals surface area contributed by atoms with E-state index in [0.717, 1.165) is 5.75 Å². The van der Waals surface area contributed by atoms with E-state index >= 15 is 0 Å². The van der Waals surface area contributed by atoms with Crippen molar-refractivity contribution in [3.63, 3.8) is 0 Å². The quantitative estimate of drug-likeness (QED) is 0.602. The number of aromatic nitrogens is 2. The molecule has 1 heterocycles. The van der Waals surface area contributed by atoms with Gasteiger partial charge >= 0.3 is 5.69 Å². The molecule has 0 fully saturated rings. The first-order chi connectivity index (χ1) is 7.07. The Bertz CT molecular complexity index is 451. The number of anilines is 2. The van der Waals surface area contributed by atoms with E-state index in [-0.39, 0.29) is 11.5 Å². The van der Waals surface area contributed by atoms with Gasteiger partial charge in [-0.05, 0) is 6.26 Å². The molecule has 0 bridgehead atoms. The van der Waals surface area contributed by atoms with Gasteiger partial charge in [0.2, 0.25) is 0 Å². The van der Waals surface area contributed by atoms with Crippen LogP contribution < -0.4 is 22.3 Å². The van der Waals surface area contributed by atoms with Crippen LogP contribution in [-0.4, -0.2) is 28.1 Å². The van der Waals surface area contributed by atoms with Crippen LogP contribution in [0.3, 0.4) is 0 Å². The lowest BCUT2D eigenvalue weighted by atomic mass is 10.4. The molecule has 6 nitrogen and oxygen atoms in total. The van der Waals surface area contributed by atoms with Crippen molar-refractivity contribution < 1.29 is 0 Å². The lowest BCUT2D eigenvalue weighted by Crippen LogP contribution is -2.32. The van der Waals surface area contributed by atoms with Crippen molar-refractivity contribution in [3.05, 3.63) is 20.8 Å². The average molecular weight is 230 g/mol. The number of rotatable bonds is 4. The van der Waals surface area contributed by atoms with Gasteiger partial charge in [0.1, 0.15) is 11.5 Å². The predicted molar refractivity (Wildman–Crippen MR) is 63.6 cm³/mol. The van der Waals surface area contributed by atoms with Crippen LogP contribution >= 0.6 is 11.8 Å². The smallest absolute Gasteiger partial charge is 0.329 e. The van der Waals surface area contributed by atoms with Crippen LogP contribution in [-0.2, 0) is 7.05 Å². The Morgan fingerprint density at radius 3 is 2.80 bits per heavy atom. The monoisotopic (exact) mass is 230 g/mol. The molecule has 0 spiro atoms. The Hall–Kier alpha value is -1.37. The summed E-state index contributed by atoms with van der Waals surface area (Å²) >= 11 is 1.66. The van der Waals surface area contributed by atoms with Gasteiger partial charge in [-0.3, -0.25) is 14.3 Å². The van der Waals surface area contributed by atoms with Gasteiger partial charge in [-0.2, -0.15) is 11.8 Å². The number of H-pyrrole nitrogens is 1. The minimum absolute atomic E-state index is 0.157. The minimum atomic E-state index is -0.507. The highest BCUT2D eigenvalue weighted by atomic mass is 32.2. The molecular formula is C8H14N4O2S. The number of aromatic amines is 1. The average Bonchev–Trinajstić information content (AvgIpc) is 2.20. The maximum atomic E-state index is 11.4. The summed E-state index contributed by atoms with van der Waals surface area (Å²) in [6.45, 7) is 0.632. The fraction of sp³-hybridized carbons (Fsp3) is 0.500. The van der Waals surface area contributed by atoms with E-state index in [1.807, 2.05) is 6.26 Å². The Labute approximate surface area is 90.9 Å². The SMILES string of the molecule is CSCCNc1c(N)n(C)c(=O)[nH]c1=O. The zero-order valence-corrected chi connectivity index (χ0v) is 9.48. The topological polar surface area (TPSA) is 92.9 Å². The molecule has 0 aromatic carbocycles. The first kappa shape index (κ1) is 11.7. The molecule has 0 saturated carbocycles. The molecule has 0 amide bonds. The summed E-state index contributed by atoms with van der Waals surface area (Å²) in [7, 11) is 1.51. The fourth-order valence-corrected chi connectivity index (χ4v) is 1.39. The van der Waals surface area contributed by atoms with E-state index in [1.165, 1.54) is 11.6 Å². The minimum Gasteiger partial charge on any atom is -0.383 e. The Morgan fingerprint density at radius 1 is 1.53 bits per heavy atom. The van der Waals surface area contributed by atoms with Gasteiger partial charge in [-0.25, -0.2) is 4.79 Å². The third-order valence-electron chi connectivity index (χ3n) is 1.98. The standard InChI is InChI=1S/C8H14N4O2S/c1-12-6(9)5(10-3-4-15-2)7(13)11-8(12)14/h10H,3-4,9H2,1-2H3,(H,11,13,14). The molecule has 1 aromatic heterocycles. The van der Waals surface area contributed by atoms with E-state index in [4.69, 9.17) is 5.73 Å². The number of nitrogens with one attached hydrogen (secondary N) is 2. The molecule has 0 aliphatic carbocycles. The van der Waals surface area contributed by atoms with E-state index in [0.29, 0.717) is 6.54 Å². The highest BCUT2D eigenvalue weighted by molar-refractivity contribution is 7.98. The summed E-state index contributed by atoms with van der Waals surface area (Å²) in [5, 5.41) is 2.90. The van der Waals surface area contributed by atoms with Crippen LogP contribution in [0.5, 0.6) is 0 Å². The Kier molecular flexibility index (Phi) is 3.84. The van der Waals surface area contributed by atoms with E-state index in [9.17, 15) is 9.59 Å². The molecule has 15 heavy (non-hydrogen) atoms. The zero-order chi connectivity index (χ0) is 11.4. The number of thioether (sulfide) groups is 1. The number of nitrogens with two attached hydrogens (primary N) is 1. The van der Waals surface area contributed by atoms with Crippen molar-refractivity contribution in [2.75, 3.05) is 29.6 Å². The number of hydrogen-bond acceptors (Lipinski definition) is 5. The molecule has 1 aromatic rings. The Morgan fingerprint density at radius 2 is 2.20 bits per heavy atom. The highest BCUT2D eigenvalue weighted by Crippen LogP contribution is 2.07. The van der Waals surface area contributed by atoms with Crippen molar-refractivity contribution in [3.8, 4) is 0 Å². The first-order valence-electron chi connectivity index (χ1n) is 4.39. The van der Waals surface area contributed by atoms with E-state index in [1.54, 1.807) is 11.8 Å². The second kappa shape index (κ2) is 4.92. The lowest BCUT2D eigenvalue weighted by Gasteiger charge is -2.09. The maximum absolute atomic E-state index is 11.4. The summed E-state index contributed by atoms with van der Waals surface area (Å²) in [6, 6.07) is 0. The molecule has 0 radical (unpaired) electrons. The number of nitrogens with zero attached hydrogens (tertiary/aromatic N) is 1. The van der Waals surface area contributed by atoms with E-state index < -0.39 is 11.2 Å². The molecule has 0 aliphatic rings. The largest absolute Gasteiger partial charge is 0.383 e. The second-order valence-corrected chi connectivity index (χ2v) is 3.98. The molecule has 0 unspecified atom stereocenters. The molecule has 84 valence electrons. The van der Waals surface area contributed by atoms with Crippen molar-refractivity contribution in [2.24, 2.45) is 7.05 Å². The maximum Gasteiger partial charge on any atom is 0.329 e.